The van der Waals surface area contributed by atoms with Gasteiger partial charge in [-0.25, -0.2) is 14.4 Å². The number of piperazine rings is 1. The molecule has 1 amide bonds. The molecule has 3 aliphatic rings. The van der Waals surface area contributed by atoms with Crippen LogP contribution in [0.3, 0.4) is 0 Å². The van der Waals surface area contributed by atoms with E-state index in [2.05, 4.69) is 37.2 Å². The van der Waals surface area contributed by atoms with Crippen LogP contribution in [-0.4, -0.2) is 66.6 Å². The number of H-pyrrole nitrogens is 1. The van der Waals surface area contributed by atoms with Crippen molar-refractivity contribution in [3.8, 4) is 11.1 Å². The second-order valence-corrected chi connectivity index (χ2v) is 11.2. The van der Waals surface area contributed by atoms with Gasteiger partial charge >= 0.3 is 0 Å². The van der Waals surface area contributed by atoms with Crippen LogP contribution in [-0.2, 0) is 11.3 Å². The van der Waals surface area contributed by atoms with Crippen molar-refractivity contribution in [3.05, 3.63) is 54.2 Å². The van der Waals surface area contributed by atoms with E-state index < -0.39 is 0 Å². The standard InChI is InChI=1S/C29H33FN8O/c1-18(36-8-10-37(11-9-36)28(39)20-4-5-20)21-6-7-31-27(12-21)35-29-33-25-13-23(24(30)14-26(25)34-29)22-15-32-38(17-22)16-19-2-3-19/h6-7,12-15,17-20H,2-5,8-11,16H2,1H3,(H2,31,33,34,35). The number of carbonyl (C=O) groups is 1. The largest absolute Gasteiger partial charge is 0.340 e. The highest BCUT2D eigenvalue weighted by Crippen LogP contribution is 2.33. The molecule has 2 saturated carbocycles. The molecule has 1 saturated heterocycles. The number of hydrogen-bond donors (Lipinski definition) is 2. The summed E-state index contributed by atoms with van der Waals surface area (Å²) in [5, 5.41) is 7.67. The molecule has 1 unspecified atom stereocenters. The number of rotatable bonds is 8. The lowest BCUT2D eigenvalue weighted by molar-refractivity contribution is -0.134. The quantitative estimate of drug-likeness (QED) is 0.343. The maximum Gasteiger partial charge on any atom is 0.225 e. The summed E-state index contributed by atoms with van der Waals surface area (Å²) in [5.74, 6) is 2.17. The number of benzene rings is 1. The van der Waals surface area contributed by atoms with Crippen molar-refractivity contribution in [1.82, 2.24) is 34.5 Å². The predicted molar refractivity (Wildman–Crippen MR) is 147 cm³/mol. The normalized spacial score (nSPS) is 19.0. The average Bonchev–Trinajstić information content (AvgIpc) is 3.87. The molecule has 4 aromatic rings. The van der Waals surface area contributed by atoms with E-state index >= 15 is 4.39 Å². The highest BCUT2D eigenvalue weighted by atomic mass is 19.1. The highest BCUT2D eigenvalue weighted by molar-refractivity contribution is 5.84. The number of amides is 1. The molecule has 4 heterocycles. The van der Waals surface area contributed by atoms with Crippen LogP contribution in [0.15, 0.2) is 42.9 Å². The topological polar surface area (TPSA) is 95.0 Å². The van der Waals surface area contributed by atoms with E-state index in [1.807, 2.05) is 27.9 Å². The molecule has 1 atom stereocenters. The number of anilines is 2. The van der Waals surface area contributed by atoms with Crippen molar-refractivity contribution >= 4 is 28.7 Å². The van der Waals surface area contributed by atoms with Gasteiger partial charge in [0.15, 0.2) is 0 Å². The minimum atomic E-state index is -0.320. The van der Waals surface area contributed by atoms with E-state index in [-0.39, 0.29) is 17.8 Å². The zero-order chi connectivity index (χ0) is 26.5. The van der Waals surface area contributed by atoms with Gasteiger partial charge in [0.25, 0.3) is 0 Å². The van der Waals surface area contributed by atoms with E-state index in [1.165, 1.54) is 18.9 Å². The molecule has 1 aromatic carbocycles. The minimum Gasteiger partial charge on any atom is -0.340 e. The molecule has 9 nitrogen and oxygen atoms in total. The molecule has 39 heavy (non-hydrogen) atoms. The Balaban J connectivity index is 1.04. The van der Waals surface area contributed by atoms with E-state index in [0.29, 0.717) is 34.7 Å². The summed E-state index contributed by atoms with van der Waals surface area (Å²) >= 11 is 0. The number of aromatic nitrogens is 5. The lowest BCUT2D eigenvalue weighted by Gasteiger charge is -2.38. The smallest absolute Gasteiger partial charge is 0.225 e. The third kappa shape index (κ3) is 5.13. The van der Waals surface area contributed by atoms with Gasteiger partial charge in [0.2, 0.25) is 11.9 Å². The molecule has 10 heteroatoms. The molecular weight excluding hydrogens is 495 g/mol. The van der Waals surface area contributed by atoms with Gasteiger partial charge < -0.3 is 15.2 Å². The van der Waals surface area contributed by atoms with Gasteiger partial charge in [-0.2, -0.15) is 5.10 Å². The van der Waals surface area contributed by atoms with Gasteiger partial charge in [0.05, 0.1) is 17.2 Å². The van der Waals surface area contributed by atoms with E-state index in [9.17, 15) is 4.79 Å². The summed E-state index contributed by atoms with van der Waals surface area (Å²) in [6.07, 6.45) is 10.0. The number of pyridine rings is 1. The van der Waals surface area contributed by atoms with Crippen LogP contribution in [0.25, 0.3) is 22.2 Å². The van der Waals surface area contributed by atoms with E-state index in [4.69, 9.17) is 0 Å². The van der Waals surface area contributed by atoms with Crippen LogP contribution in [0.2, 0.25) is 0 Å². The molecule has 2 N–H and O–H groups in total. The molecule has 3 fully saturated rings. The van der Waals surface area contributed by atoms with E-state index in [0.717, 1.165) is 62.2 Å². The molecule has 0 bridgehead atoms. The Morgan fingerprint density at radius 3 is 2.74 bits per heavy atom. The molecule has 2 aliphatic carbocycles. The summed E-state index contributed by atoms with van der Waals surface area (Å²) in [7, 11) is 0. The first-order chi connectivity index (χ1) is 19.0. The van der Waals surface area contributed by atoms with Crippen molar-refractivity contribution < 1.29 is 9.18 Å². The van der Waals surface area contributed by atoms with Crippen LogP contribution in [0, 0.1) is 17.7 Å². The molecule has 3 aromatic heterocycles. The van der Waals surface area contributed by atoms with Gasteiger partial charge in [-0.3, -0.25) is 14.4 Å². The number of nitrogens with one attached hydrogen (secondary N) is 2. The number of hydrogen-bond acceptors (Lipinski definition) is 6. The van der Waals surface area contributed by atoms with Gasteiger partial charge in [0, 0.05) is 74.3 Å². The molecular formula is C29H33FN8O. The zero-order valence-electron chi connectivity index (χ0n) is 22.1. The molecule has 0 spiro atoms. The first-order valence-corrected chi connectivity index (χ1v) is 14.0. The summed E-state index contributed by atoms with van der Waals surface area (Å²) in [6.45, 7) is 6.38. The number of nitrogens with zero attached hydrogens (tertiary/aromatic N) is 6. The second-order valence-electron chi connectivity index (χ2n) is 11.2. The maximum atomic E-state index is 15.0. The van der Waals surface area contributed by atoms with Crippen LogP contribution in [0.4, 0.5) is 16.2 Å². The number of fused-ring (bicyclic) bond motifs is 1. The Bertz CT molecular complexity index is 1510. The van der Waals surface area contributed by atoms with Gasteiger partial charge in [-0.1, -0.05) is 0 Å². The van der Waals surface area contributed by atoms with Gasteiger partial charge in [-0.15, -0.1) is 0 Å². The number of carbonyl (C=O) groups excluding carboxylic acids is 1. The van der Waals surface area contributed by atoms with Gasteiger partial charge in [0.1, 0.15) is 11.6 Å². The Kier molecular flexibility index (Phi) is 6.07. The number of imidazole rings is 1. The van der Waals surface area contributed by atoms with Crippen molar-refractivity contribution in [2.75, 3.05) is 31.5 Å². The summed E-state index contributed by atoms with van der Waals surface area (Å²) in [5.41, 5.74) is 3.70. The Morgan fingerprint density at radius 1 is 1.15 bits per heavy atom. The van der Waals surface area contributed by atoms with Gasteiger partial charge in [-0.05, 0) is 62.3 Å². The first kappa shape index (κ1) is 24.3. The summed E-state index contributed by atoms with van der Waals surface area (Å²) < 4.78 is 16.9. The highest BCUT2D eigenvalue weighted by Gasteiger charge is 2.35. The van der Waals surface area contributed by atoms with Crippen molar-refractivity contribution in [2.45, 2.75) is 45.2 Å². The second kappa shape index (κ2) is 9.75. The fourth-order valence-corrected chi connectivity index (χ4v) is 5.50. The Morgan fingerprint density at radius 2 is 1.97 bits per heavy atom. The minimum absolute atomic E-state index is 0.194. The van der Waals surface area contributed by atoms with Crippen LogP contribution >= 0.6 is 0 Å². The SMILES string of the molecule is CC(c1ccnc(Nc2nc3cc(F)c(-c4cnn(CC5CC5)c4)cc3[nH]2)c1)N1CCN(C(=O)C2CC2)CC1. The van der Waals surface area contributed by atoms with E-state index in [1.54, 1.807) is 18.5 Å². The van der Waals surface area contributed by atoms with Crippen LogP contribution < -0.4 is 5.32 Å². The lowest BCUT2D eigenvalue weighted by atomic mass is 10.1. The molecule has 7 rings (SSSR count). The fourth-order valence-electron chi connectivity index (χ4n) is 5.50. The first-order valence-electron chi connectivity index (χ1n) is 14.0. The zero-order valence-corrected chi connectivity index (χ0v) is 22.1. The Hall–Kier alpha value is -3.79. The van der Waals surface area contributed by atoms with Crippen LogP contribution in [0.5, 0.6) is 0 Å². The Labute approximate surface area is 226 Å². The third-order valence-electron chi connectivity index (χ3n) is 8.27. The maximum absolute atomic E-state index is 15.0. The fraction of sp³-hybridized carbons (Fsp3) is 0.448. The summed E-state index contributed by atoms with van der Waals surface area (Å²) in [6, 6.07) is 7.51. The monoisotopic (exact) mass is 528 g/mol. The molecule has 0 radical (unpaired) electrons. The van der Waals surface area contributed by atoms with Crippen molar-refractivity contribution in [2.24, 2.45) is 11.8 Å². The average molecular weight is 529 g/mol. The number of halogens is 1. The van der Waals surface area contributed by atoms with Crippen LogP contribution in [0.1, 0.15) is 44.2 Å². The predicted octanol–water partition coefficient (Wildman–Crippen LogP) is 4.73. The molecule has 1 aliphatic heterocycles. The summed E-state index contributed by atoms with van der Waals surface area (Å²) in [4.78, 5) is 29.1. The third-order valence-corrected chi connectivity index (χ3v) is 8.27. The number of aromatic amines is 1. The molecule has 202 valence electrons. The van der Waals surface area contributed by atoms with Crippen molar-refractivity contribution in [1.29, 1.82) is 0 Å². The lowest BCUT2D eigenvalue weighted by Crippen LogP contribution is -2.49. The van der Waals surface area contributed by atoms with Crippen molar-refractivity contribution in [3.63, 3.8) is 0 Å².